The Balaban J connectivity index is 1.20. The van der Waals surface area contributed by atoms with E-state index in [1.807, 2.05) is 25.1 Å². The highest BCUT2D eigenvalue weighted by molar-refractivity contribution is 6.31. The number of halogens is 2. The van der Waals surface area contributed by atoms with Crippen molar-refractivity contribution >= 4 is 46.5 Å². The van der Waals surface area contributed by atoms with Crippen LogP contribution in [-0.2, 0) is 33.9 Å². The Labute approximate surface area is 273 Å². The summed E-state index contributed by atoms with van der Waals surface area (Å²) >= 11 is 5.97. The molecule has 47 heavy (non-hydrogen) atoms. The van der Waals surface area contributed by atoms with Crippen molar-refractivity contribution < 1.29 is 28.7 Å². The van der Waals surface area contributed by atoms with Gasteiger partial charge >= 0.3 is 5.97 Å². The van der Waals surface area contributed by atoms with Crippen LogP contribution in [0.15, 0.2) is 65.8 Å². The maximum Gasteiger partial charge on any atom is 0.335 e. The maximum atomic E-state index is 14.8. The van der Waals surface area contributed by atoms with Crippen LogP contribution in [0.25, 0.3) is 0 Å². The third-order valence-electron chi connectivity index (χ3n) is 8.81. The normalized spacial score (nSPS) is 18.6. The summed E-state index contributed by atoms with van der Waals surface area (Å²) < 4.78 is 16.8. The molecule has 0 aliphatic carbocycles. The van der Waals surface area contributed by atoms with Crippen LogP contribution in [0.3, 0.4) is 0 Å². The zero-order chi connectivity index (χ0) is 32.8. The van der Waals surface area contributed by atoms with Crippen molar-refractivity contribution in [2.45, 2.75) is 45.0 Å². The molecule has 4 aromatic rings. The zero-order valence-electron chi connectivity index (χ0n) is 25.2. The van der Waals surface area contributed by atoms with Gasteiger partial charge in [0.05, 0.1) is 22.8 Å². The first kappa shape index (κ1) is 30.4. The number of carbonyl (C=O) groups excluding carboxylic acids is 2. The van der Waals surface area contributed by atoms with Gasteiger partial charge in [0.15, 0.2) is 11.6 Å². The summed E-state index contributed by atoms with van der Waals surface area (Å²) in [5.74, 6) is -0.977. The minimum atomic E-state index is -1.09. The number of fused-ring (bicyclic) bond motifs is 2. The van der Waals surface area contributed by atoms with E-state index in [4.69, 9.17) is 16.4 Å². The number of aromatic nitrogens is 3. The van der Waals surface area contributed by atoms with Gasteiger partial charge in [0.2, 0.25) is 6.10 Å². The summed E-state index contributed by atoms with van der Waals surface area (Å²) in [6.45, 7) is 4.11. The molecule has 2 unspecified atom stereocenters. The van der Waals surface area contributed by atoms with Crippen LogP contribution in [-0.4, -0.2) is 67.5 Å². The fourth-order valence-electron chi connectivity index (χ4n) is 6.46. The van der Waals surface area contributed by atoms with Gasteiger partial charge in [0.25, 0.3) is 11.8 Å². The second kappa shape index (κ2) is 12.1. The minimum Gasteiger partial charge on any atom is -0.478 e. The molecule has 0 bridgehead atoms. The van der Waals surface area contributed by atoms with Gasteiger partial charge < -0.3 is 29.6 Å². The van der Waals surface area contributed by atoms with Crippen LogP contribution in [0.1, 0.15) is 51.2 Å². The number of aryl methyl sites for hydroxylation is 1. The molecule has 240 valence electrons. The number of amides is 2. The standard InChI is InChI=1S/C33H29ClFN7O5/c1-18-37-38-28-17-40(14-15-41(18)28)26-7-3-4-22-21(26)12-13-42(30(22)31(43)36-20-10-8-19(9-11-20)33(45)46)32(44)27-16-25(39-47-27)23-5-2-6-24(34)29(23)35/h2-11,27,30H,12-17H2,1H3,(H,36,43)(H,45,46). The number of hydrogen-bond donors (Lipinski definition) is 2. The lowest BCUT2D eigenvalue weighted by molar-refractivity contribution is -0.148. The van der Waals surface area contributed by atoms with E-state index in [1.165, 1.54) is 41.3 Å². The first-order chi connectivity index (χ1) is 22.7. The van der Waals surface area contributed by atoms with Gasteiger partial charge in [-0.05, 0) is 66.9 Å². The van der Waals surface area contributed by atoms with Crippen molar-refractivity contribution in [2.24, 2.45) is 5.16 Å². The van der Waals surface area contributed by atoms with Gasteiger partial charge in [0, 0.05) is 43.0 Å². The molecule has 0 saturated carbocycles. The molecule has 7 rings (SSSR count). The van der Waals surface area contributed by atoms with E-state index in [2.05, 4.69) is 30.1 Å². The SMILES string of the molecule is Cc1nnc2n1CCN(c1cccc3c1CCN(C(=O)C1CC(c4cccc(Cl)c4F)=NO1)C3C(=O)Nc1ccc(C(=O)O)cc1)C2. The van der Waals surface area contributed by atoms with E-state index in [9.17, 15) is 23.9 Å². The summed E-state index contributed by atoms with van der Waals surface area (Å²) in [4.78, 5) is 48.8. The monoisotopic (exact) mass is 657 g/mol. The molecule has 2 atom stereocenters. The molecule has 2 amide bonds. The first-order valence-electron chi connectivity index (χ1n) is 15.1. The van der Waals surface area contributed by atoms with Crippen molar-refractivity contribution in [1.82, 2.24) is 19.7 Å². The lowest BCUT2D eigenvalue weighted by Gasteiger charge is -2.40. The molecular weight excluding hydrogens is 629 g/mol. The molecule has 14 heteroatoms. The number of carboxylic acids is 1. The number of rotatable bonds is 6. The summed E-state index contributed by atoms with van der Waals surface area (Å²) in [5, 5.41) is 24.6. The fourth-order valence-corrected chi connectivity index (χ4v) is 6.64. The maximum absolute atomic E-state index is 14.8. The Morgan fingerprint density at radius 2 is 1.81 bits per heavy atom. The second-order valence-electron chi connectivity index (χ2n) is 11.6. The number of oxime groups is 1. The lowest BCUT2D eigenvalue weighted by atomic mass is 9.89. The second-order valence-corrected chi connectivity index (χ2v) is 12.0. The molecule has 0 fully saturated rings. The molecule has 3 aromatic carbocycles. The van der Waals surface area contributed by atoms with Gasteiger partial charge in [-0.2, -0.15) is 0 Å². The van der Waals surface area contributed by atoms with Crippen molar-refractivity contribution in [3.63, 3.8) is 0 Å². The predicted molar refractivity (Wildman–Crippen MR) is 170 cm³/mol. The van der Waals surface area contributed by atoms with E-state index in [1.54, 1.807) is 6.07 Å². The third-order valence-corrected chi connectivity index (χ3v) is 9.10. The number of aromatic carboxylic acids is 1. The number of benzene rings is 3. The Kier molecular flexibility index (Phi) is 7.84. The molecular formula is C33H29ClFN7O5. The van der Waals surface area contributed by atoms with Crippen LogP contribution in [0.2, 0.25) is 5.02 Å². The lowest BCUT2D eigenvalue weighted by Crippen LogP contribution is -2.49. The quantitative estimate of drug-likeness (QED) is 0.312. The predicted octanol–water partition coefficient (Wildman–Crippen LogP) is 4.36. The Morgan fingerprint density at radius 3 is 2.60 bits per heavy atom. The number of nitrogens with one attached hydrogen (secondary N) is 1. The highest BCUT2D eigenvalue weighted by atomic mass is 35.5. The zero-order valence-corrected chi connectivity index (χ0v) is 25.9. The molecule has 3 aliphatic rings. The number of carboxylic acid groups (broad SMARTS) is 1. The van der Waals surface area contributed by atoms with Crippen molar-refractivity contribution in [3.05, 3.63) is 105 Å². The number of anilines is 2. The van der Waals surface area contributed by atoms with Crippen molar-refractivity contribution in [2.75, 3.05) is 23.3 Å². The smallest absolute Gasteiger partial charge is 0.335 e. The van der Waals surface area contributed by atoms with E-state index in [0.717, 1.165) is 22.9 Å². The molecule has 3 aliphatic heterocycles. The summed E-state index contributed by atoms with van der Waals surface area (Å²) in [6, 6.07) is 15.0. The molecule has 2 N–H and O–H groups in total. The minimum absolute atomic E-state index is 0.00163. The average molecular weight is 658 g/mol. The summed E-state index contributed by atoms with van der Waals surface area (Å²) in [7, 11) is 0. The number of nitrogens with zero attached hydrogens (tertiary/aromatic N) is 6. The van der Waals surface area contributed by atoms with Crippen LogP contribution in [0.5, 0.6) is 0 Å². The summed E-state index contributed by atoms with van der Waals surface area (Å²) in [5.41, 5.74) is 3.39. The Hall–Kier alpha value is -5.30. The molecule has 0 spiro atoms. The average Bonchev–Trinajstić information content (AvgIpc) is 3.72. The van der Waals surface area contributed by atoms with Gasteiger partial charge in [-0.3, -0.25) is 9.59 Å². The van der Waals surface area contributed by atoms with E-state index in [0.29, 0.717) is 37.3 Å². The van der Waals surface area contributed by atoms with Crippen LogP contribution in [0, 0.1) is 12.7 Å². The molecule has 1 aromatic heterocycles. The summed E-state index contributed by atoms with van der Waals surface area (Å²) in [6.07, 6.45) is -0.604. The van der Waals surface area contributed by atoms with E-state index in [-0.39, 0.29) is 34.8 Å². The highest BCUT2D eigenvalue weighted by Gasteiger charge is 2.42. The largest absolute Gasteiger partial charge is 0.478 e. The Bertz CT molecular complexity index is 1950. The van der Waals surface area contributed by atoms with E-state index < -0.39 is 35.7 Å². The first-order valence-corrected chi connectivity index (χ1v) is 15.4. The fraction of sp³-hybridized carbons (Fsp3) is 0.273. The van der Waals surface area contributed by atoms with Gasteiger partial charge in [-0.15, -0.1) is 10.2 Å². The highest BCUT2D eigenvalue weighted by Crippen LogP contribution is 2.38. The third kappa shape index (κ3) is 5.56. The van der Waals surface area contributed by atoms with Crippen molar-refractivity contribution in [1.29, 1.82) is 0 Å². The van der Waals surface area contributed by atoms with Crippen LogP contribution in [0.4, 0.5) is 15.8 Å². The number of carbonyl (C=O) groups is 3. The van der Waals surface area contributed by atoms with Gasteiger partial charge in [-0.25, -0.2) is 9.18 Å². The van der Waals surface area contributed by atoms with Gasteiger partial charge in [-0.1, -0.05) is 35.0 Å². The van der Waals surface area contributed by atoms with Crippen LogP contribution < -0.4 is 10.2 Å². The number of hydrogen-bond acceptors (Lipinski definition) is 8. The molecule has 12 nitrogen and oxygen atoms in total. The molecule has 4 heterocycles. The molecule has 0 saturated heterocycles. The van der Waals surface area contributed by atoms with Crippen LogP contribution >= 0.6 is 11.6 Å². The Morgan fingerprint density at radius 1 is 1.02 bits per heavy atom. The molecule has 0 radical (unpaired) electrons. The topological polar surface area (TPSA) is 142 Å². The van der Waals surface area contributed by atoms with E-state index >= 15 is 0 Å². The van der Waals surface area contributed by atoms with Gasteiger partial charge in [0.1, 0.15) is 11.9 Å². The van der Waals surface area contributed by atoms with Crippen molar-refractivity contribution in [3.8, 4) is 0 Å².